The molecule has 0 fully saturated rings. The summed E-state index contributed by atoms with van der Waals surface area (Å²) >= 11 is 6.46. The van der Waals surface area contributed by atoms with E-state index in [2.05, 4.69) is 24.8 Å². The van der Waals surface area contributed by atoms with E-state index in [1.165, 1.54) is 0 Å². The predicted molar refractivity (Wildman–Crippen MR) is 119 cm³/mol. The third-order valence-electron chi connectivity index (χ3n) is 5.52. The van der Waals surface area contributed by atoms with Crippen LogP contribution in [0.1, 0.15) is 16.8 Å². The minimum atomic E-state index is -0.110. The summed E-state index contributed by atoms with van der Waals surface area (Å²) in [6.07, 6.45) is 4.09. The lowest BCUT2D eigenvalue weighted by Gasteiger charge is -2.28. The molecule has 156 valence electrons. The first kappa shape index (κ1) is 19.7. The van der Waals surface area contributed by atoms with Crippen LogP contribution in [0.15, 0.2) is 53.6 Å². The Bertz CT molecular complexity index is 1320. The summed E-state index contributed by atoms with van der Waals surface area (Å²) in [6, 6.07) is 11.5. The summed E-state index contributed by atoms with van der Waals surface area (Å²) in [5.41, 5.74) is 3.97. The number of pyridine rings is 2. The molecule has 3 aromatic heterocycles. The Labute approximate surface area is 183 Å². The van der Waals surface area contributed by atoms with Crippen LogP contribution in [0, 0.1) is 0 Å². The molecule has 1 N–H and O–H groups in total. The number of hydrogen-bond donors (Lipinski definition) is 1. The molecule has 7 nitrogen and oxygen atoms in total. The summed E-state index contributed by atoms with van der Waals surface area (Å²) in [7, 11) is 1.64. The highest BCUT2D eigenvalue weighted by Crippen LogP contribution is 2.26. The Kier molecular flexibility index (Phi) is 5.13. The van der Waals surface area contributed by atoms with Gasteiger partial charge in [0.2, 0.25) is 0 Å². The van der Waals surface area contributed by atoms with E-state index < -0.39 is 0 Å². The molecule has 1 aliphatic rings. The number of H-pyrrole nitrogens is 1. The second kappa shape index (κ2) is 8.09. The van der Waals surface area contributed by atoms with Gasteiger partial charge in [0.15, 0.2) is 0 Å². The molecule has 8 heteroatoms. The van der Waals surface area contributed by atoms with Crippen molar-refractivity contribution in [2.75, 3.05) is 13.7 Å². The lowest BCUT2D eigenvalue weighted by molar-refractivity contribution is 0.242. The molecule has 0 spiro atoms. The molecule has 4 heterocycles. The normalized spacial score (nSPS) is 13.9. The van der Waals surface area contributed by atoms with Crippen molar-refractivity contribution >= 4 is 22.5 Å². The average Bonchev–Trinajstić information content (AvgIpc) is 2.80. The van der Waals surface area contributed by atoms with E-state index in [4.69, 9.17) is 16.3 Å². The van der Waals surface area contributed by atoms with Crippen LogP contribution in [-0.2, 0) is 19.5 Å². The Morgan fingerprint density at radius 3 is 2.94 bits per heavy atom. The molecule has 0 saturated heterocycles. The van der Waals surface area contributed by atoms with Crippen LogP contribution >= 0.6 is 11.6 Å². The molecule has 5 rings (SSSR count). The van der Waals surface area contributed by atoms with E-state index >= 15 is 0 Å². The topological polar surface area (TPSA) is 84.0 Å². The average molecular weight is 434 g/mol. The molecule has 0 bridgehead atoms. The number of nitrogens with one attached hydrogen (secondary N) is 1. The van der Waals surface area contributed by atoms with E-state index in [9.17, 15) is 4.79 Å². The lowest BCUT2D eigenvalue weighted by atomic mass is 10.1. The number of benzene rings is 1. The van der Waals surface area contributed by atoms with Crippen molar-refractivity contribution in [2.24, 2.45) is 0 Å². The summed E-state index contributed by atoms with van der Waals surface area (Å²) in [5, 5.41) is 1.44. The quantitative estimate of drug-likeness (QED) is 0.495. The highest BCUT2D eigenvalue weighted by molar-refractivity contribution is 6.30. The predicted octanol–water partition coefficient (Wildman–Crippen LogP) is 3.60. The van der Waals surface area contributed by atoms with Crippen LogP contribution < -0.4 is 10.3 Å². The van der Waals surface area contributed by atoms with Crippen LogP contribution in [0.25, 0.3) is 22.3 Å². The number of nitrogens with zero attached hydrogens (tertiary/aromatic N) is 4. The van der Waals surface area contributed by atoms with Crippen LogP contribution in [0.4, 0.5) is 0 Å². The molecular formula is C23H20ClN5O2. The number of rotatable bonds is 4. The van der Waals surface area contributed by atoms with Gasteiger partial charge in [0, 0.05) is 55.0 Å². The van der Waals surface area contributed by atoms with Gasteiger partial charge >= 0.3 is 0 Å². The van der Waals surface area contributed by atoms with Gasteiger partial charge in [0.25, 0.3) is 5.56 Å². The van der Waals surface area contributed by atoms with Crippen LogP contribution in [0.3, 0.4) is 0 Å². The summed E-state index contributed by atoms with van der Waals surface area (Å²) in [6.45, 7) is 1.89. The number of fused-ring (bicyclic) bond motifs is 2. The van der Waals surface area contributed by atoms with Crippen LogP contribution in [0.2, 0.25) is 5.15 Å². The van der Waals surface area contributed by atoms with Crippen LogP contribution in [-0.4, -0.2) is 38.5 Å². The van der Waals surface area contributed by atoms with Crippen molar-refractivity contribution in [3.05, 3.63) is 81.1 Å². The van der Waals surface area contributed by atoms with Crippen molar-refractivity contribution in [1.82, 2.24) is 24.8 Å². The smallest absolute Gasteiger partial charge is 0.255 e. The second-order valence-corrected chi connectivity index (χ2v) is 7.90. The lowest BCUT2D eigenvalue weighted by Crippen LogP contribution is -2.35. The zero-order valence-corrected chi connectivity index (χ0v) is 17.7. The number of aromatic amines is 1. The number of aromatic nitrogens is 4. The SMILES string of the molecule is COc1ccc2nc(Cl)c(CN3CCc4nc(-c5cccnc5)[nH]c(=O)c4C3)cc2c1. The first-order valence-electron chi connectivity index (χ1n) is 9.99. The minimum absolute atomic E-state index is 0.110. The van der Waals surface area contributed by atoms with E-state index in [0.29, 0.717) is 36.1 Å². The van der Waals surface area contributed by atoms with Crippen molar-refractivity contribution < 1.29 is 4.74 Å². The zero-order chi connectivity index (χ0) is 21.4. The van der Waals surface area contributed by atoms with Crippen molar-refractivity contribution in [3.8, 4) is 17.1 Å². The number of hydrogen-bond acceptors (Lipinski definition) is 6. The number of methoxy groups -OCH3 is 1. The minimum Gasteiger partial charge on any atom is -0.497 e. The molecule has 0 unspecified atom stereocenters. The fraction of sp³-hybridized carbons (Fsp3) is 0.217. The Morgan fingerprint density at radius 2 is 2.13 bits per heavy atom. The second-order valence-electron chi connectivity index (χ2n) is 7.54. The van der Waals surface area contributed by atoms with E-state index in [0.717, 1.165) is 40.0 Å². The van der Waals surface area contributed by atoms with Gasteiger partial charge in [0.05, 0.1) is 23.9 Å². The van der Waals surface area contributed by atoms with Gasteiger partial charge in [-0.3, -0.25) is 14.7 Å². The Hall–Kier alpha value is -3.29. The van der Waals surface area contributed by atoms with Crippen molar-refractivity contribution in [1.29, 1.82) is 0 Å². The number of halogens is 1. The molecule has 1 aliphatic heterocycles. The molecular weight excluding hydrogens is 414 g/mol. The van der Waals surface area contributed by atoms with Crippen molar-refractivity contribution in [2.45, 2.75) is 19.5 Å². The third-order valence-corrected chi connectivity index (χ3v) is 5.85. The summed E-state index contributed by atoms with van der Waals surface area (Å²) in [4.78, 5) is 31.2. The summed E-state index contributed by atoms with van der Waals surface area (Å²) in [5.74, 6) is 1.33. The van der Waals surface area contributed by atoms with Gasteiger partial charge < -0.3 is 9.72 Å². The van der Waals surface area contributed by atoms with Gasteiger partial charge in [-0.25, -0.2) is 9.97 Å². The fourth-order valence-electron chi connectivity index (χ4n) is 3.91. The monoisotopic (exact) mass is 433 g/mol. The highest BCUT2D eigenvalue weighted by atomic mass is 35.5. The molecule has 0 saturated carbocycles. The standard InChI is InChI=1S/C23H20ClN5O2/c1-31-17-4-5-19-15(10-17)9-16(21(24)26-19)12-29-8-6-20-18(13-29)23(30)28-22(27-20)14-3-2-7-25-11-14/h2-5,7,9-11H,6,8,12-13H2,1H3,(H,27,28,30). The first-order valence-corrected chi connectivity index (χ1v) is 10.4. The van der Waals surface area contributed by atoms with Crippen molar-refractivity contribution in [3.63, 3.8) is 0 Å². The van der Waals surface area contributed by atoms with Gasteiger partial charge in [-0.15, -0.1) is 0 Å². The molecule has 31 heavy (non-hydrogen) atoms. The Morgan fingerprint density at radius 1 is 1.23 bits per heavy atom. The fourth-order valence-corrected chi connectivity index (χ4v) is 4.11. The molecule has 0 atom stereocenters. The van der Waals surface area contributed by atoms with Gasteiger partial charge in [-0.2, -0.15) is 0 Å². The molecule has 0 aliphatic carbocycles. The number of ether oxygens (including phenoxy) is 1. The zero-order valence-electron chi connectivity index (χ0n) is 16.9. The Balaban J connectivity index is 1.41. The van der Waals surface area contributed by atoms with Crippen LogP contribution in [0.5, 0.6) is 5.75 Å². The van der Waals surface area contributed by atoms with Gasteiger partial charge in [0.1, 0.15) is 16.7 Å². The largest absolute Gasteiger partial charge is 0.497 e. The molecule has 4 aromatic rings. The van der Waals surface area contributed by atoms with Gasteiger partial charge in [-0.05, 0) is 36.4 Å². The third kappa shape index (κ3) is 3.89. The first-order chi connectivity index (χ1) is 15.1. The van der Waals surface area contributed by atoms with E-state index in [1.54, 1.807) is 19.5 Å². The maximum absolute atomic E-state index is 12.8. The molecule has 0 radical (unpaired) electrons. The van der Waals surface area contributed by atoms with Gasteiger partial charge in [-0.1, -0.05) is 11.6 Å². The maximum Gasteiger partial charge on any atom is 0.255 e. The summed E-state index contributed by atoms with van der Waals surface area (Å²) < 4.78 is 5.32. The van der Waals surface area contributed by atoms with E-state index in [1.807, 2.05) is 36.4 Å². The highest BCUT2D eigenvalue weighted by Gasteiger charge is 2.22. The molecule has 1 aromatic carbocycles. The maximum atomic E-state index is 12.8. The molecule has 0 amide bonds. The van der Waals surface area contributed by atoms with E-state index in [-0.39, 0.29) is 5.56 Å².